The standard InChI is InChI=1S/C19H24N6O2/c1-13-3-7-17(21-20-13)23-9-11-24(12-10-23)19(27)14(2)25-18(26)8-6-16(22-25)15-4-5-15/h3,6-8,14-15H,4-5,9-12H2,1-2H3. The highest BCUT2D eigenvalue weighted by Crippen LogP contribution is 2.38. The summed E-state index contributed by atoms with van der Waals surface area (Å²) in [6.45, 7) is 6.24. The molecule has 0 N–H and O–H groups in total. The van der Waals surface area contributed by atoms with Crippen molar-refractivity contribution in [3.8, 4) is 0 Å². The Balaban J connectivity index is 1.42. The number of anilines is 1. The van der Waals surface area contributed by atoms with E-state index in [0.717, 1.165) is 30.0 Å². The summed E-state index contributed by atoms with van der Waals surface area (Å²) in [5, 5.41) is 12.8. The van der Waals surface area contributed by atoms with Gasteiger partial charge in [-0.2, -0.15) is 10.2 Å². The molecular weight excluding hydrogens is 344 g/mol. The van der Waals surface area contributed by atoms with Crippen molar-refractivity contribution in [3.05, 3.63) is 46.0 Å². The largest absolute Gasteiger partial charge is 0.352 e. The van der Waals surface area contributed by atoms with Gasteiger partial charge in [-0.1, -0.05) is 0 Å². The molecule has 1 aliphatic heterocycles. The van der Waals surface area contributed by atoms with Crippen LogP contribution in [0.5, 0.6) is 0 Å². The molecule has 0 aromatic carbocycles. The number of hydrogen-bond acceptors (Lipinski definition) is 6. The number of amides is 1. The van der Waals surface area contributed by atoms with Crippen LogP contribution < -0.4 is 10.5 Å². The summed E-state index contributed by atoms with van der Waals surface area (Å²) >= 11 is 0. The van der Waals surface area contributed by atoms with Gasteiger partial charge in [0.15, 0.2) is 5.82 Å². The Morgan fingerprint density at radius 1 is 1.07 bits per heavy atom. The molecule has 0 radical (unpaired) electrons. The topological polar surface area (TPSA) is 84.2 Å². The molecule has 27 heavy (non-hydrogen) atoms. The monoisotopic (exact) mass is 368 g/mol. The zero-order valence-electron chi connectivity index (χ0n) is 15.7. The number of aryl methyl sites for hydroxylation is 1. The van der Waals surface area contributed by atoms with Gasteiger partial charge in [0.2, 0.25) is 5.91 Å². The van der Waals surface area contributed by atoms with E-state index in [9.17, 15) is 9.59 Å². The van der Waals surface area contributed by atoms with Gasteiger partial charge in [-0.25, -0.2) is 4.68 Å². The first-order valence-corrected chi connectivity index (χ1v) is 9.47. The predicted molar refractivity (Wildman–Crippen MR) is 101 cm³/mol. The summed E-state index contributed by atoms with van der Waals surface area (Å²) in [5.74, 6) is 1.21. The fourth-order valence-electron chi connectivity index (χ4n) is 3.40. The molecule has 2 aromatic rings. The number of nitrogens with zero attached hydrogens (tertiary/aromatic N) is 6. The molecular formula is C19H24N6O2. The number of piperazine rings is 1. The molecule has 4 rings (SSSR count). The molecule has 3 heterocycles. The van der Waals surface area contributed by atoms with Gasteiger partial charge in [0.05, 0.1) is 11.4 Å². The van der Waals surface area contributed by atoms with Gasteiger partial charge in [0.1, 0.15) is 6.04 Å². The highest BCUT2D eigenvalue weighted by Gasteiger charge is 2.30. The van der Waals surface area contributed by atoms with Crippen LogP contribution in [0.15, 0.2) is 29.1 Å². The van der Waals surface area contributed by atoms with E-state index in [-0.39, 0.29) is 11.5 Å². The summed E-state index contributed by atoms with van der Waals surface area (Å²) in [6.07, 6.45) is 2.22. The Labute approximate surface area is 157 Å². The Kier molecular flexibility index (Phi) is 4.63. The molecule has 2 aromatic heterocycles. The van der Waals surface area contributed by atoms with Crippen LogP contribution >= 0.6 is 0 Å². The van der Waals surface area contributed by atoms with E-state index in [1.807, 2.05) is 19.1 Å². The maximum atomic E-state index is 12.9. The van der Waals surface area contributed by atoms with E-state index in [2.05, 4.69) is 20.2 Å². The molecule has 1 unspecified atom stereocenters. The predicted octanol–water partition coefficient (Wildman–Crippen LogP) is 1.13. The first-order valence-electron chi connectivity index (χ1n) is 9.47. The first-order chi connectivity index (χ1) is 13.0. The normalized spacial score (nSPS) is 18.4. The minimum absolute atomic E-state index is 0.0628. The number of carbonyl (C=O) groups excluding carboxylic acids is 1. The summed E-state index contributed by atoms with van der Waals surface area (Å²) in [7, 11) is 0. The van der Waals surface area contributed by atoms with E-state index in [0.29, 0.717) is 32.1 Å². The maximum Gasteiger partial charge on any atom is 0.267 e. The minimum atomic E-state index is -0.595. The van der Waals surface area contributed by atoms with Crippen molar-refractivity contribution < 1.29 is 4.79 Å². The molecule has 1 amide bonds. The molecule has 0 bridgehead atoms. The SMILES string of the molecule is Cc1ccc(N2CCN(C(=O)C(C)n3nc(C4CC4)ccc3=O)CC2)nn1. The van der Waals surface area contributed by atoms with Gasteiger partial charge in [0.25, 0.3) is 5.56 Å². The van der Waals surface area contributed by atoms with Crippen LogP contribution in [0.25, 0.3) is 0 Å². The van der Waals surface area contributed by atoms with Gasteiger partial charge in [0, 0.05) is 38.2 Å². The highest BCUT2D eigenvalue weighted by molar-refractivity contribution is 5.80. The molecule has 8 nitrogen and oxygen atoms in total. The number of carbonyl (C=O) groups is 1. The number of hydrogen-bond donors (Lipinski definition) is 0. The van der Waals surface area contributed by atoms with Crippen LogP contribution in [-0.2, 0) is 4.79 Å². The van der Waals surface area contributed by atoms with E-state index < -0.39 is 6.04 Å². The molecule has 2 aliphatic rings. The second-order valence-electron chi connectivity index (χ2n) is 7.34. The Morgan fingerprint density at radius 3 is 2.44 bits per heavy atom. The first kappa shape index (κ1) is 17.6. The van der Waals surface area contributed by atoms with Gasteiger partial charge in [-0.05, 0) is 44.9 Å². The second-order valence-corrected chi connectivity index (χ2v) is 7.34. The third-order valence-corrected chi connectivity index (χ3v) is 5.26. The molecule has 2 fully saturated rings. The van der Waals surface area contributed by atoms with E-state index >= 15 is 0 Å². The minimum Gasteiger partial charge on any atom is -0.352 e. The molecule has 142 valence electrons. The van der Waals surface area contributed by atoms with Crippen molar-refractivity contribution in [2.75, 3.05) is 31.1 Å². The molecule has 1 aliphatic carbocycles. The van der Waals surface area contributed by atoms with Gasteiger partial charge < -0.3 is 9.80 Å². The lowest BCUT2D eigenvalue weighted by atomic mass is 10.2. The summed E-state index contributed by atoms with van der Waals surface area (Å²) < 4.78 is 1.34. The van der Waals surface area contributed by atoms with Crippen LogP contribution in [0.3, 0.4) is 0 Å². The zero-order valence-corrected chi connectivity index (χ0v) is 15.7. The van der Waals surface area contributed by atoms with Crippen molar-refractivity contribution in [1.82, 2.24) is 24.9 Å². The van der Waals surface area contributed by atoms with Crippen LogP contribution in [0.1, 0.15) is 43.1 Å². The van der Waals surface area contributed by atoms with Crippen molar-refractivity contribution in [2.45, 2.75) is 38.6 Å². The van der Waals surface area contributed by atoms with Crippen LogP contribution in [0.4, 0.5) is 5.82 Å². The fourth-order valence-corrected chi connectivity index (χ4v) is 3.40. The average Bonchev–Trinajstić information content (AvgIpc) is 3.53. The van der Waals surface area contributed by atoms with Crippen molar-refractivity contribution in [3.63, 3.8) is 0 Å². The maximum absolute atomic E-state index is 12.9. The van der Waals surface area contributed by atoms with Crippen LogP contribution in [0.2, 0.25) is 0 Å². The van der Waals surface area contributed by atoms with Crippen molar-refractivity contribution >= 4 is 11.7 Å². The smallest absolute Gasteiger partial charge is 0.267 e. The van der Waals surface area contributed by atoms with Crippen LogP contribution in [0, 0.1) is 6.92 Å². The third-order valence-electron chi connectivity index (χ3n) is 5.26. The molecule has 1 saturated carbocycles. The highest BCUT2D eigenvalue weighted by atomic mass is 16.2. The van der Waals surface area contributed by atoms with Gasteiger partial charge >= 0.3 is 0 Å². The molecule has 1 atom stereocenters. The Morgan fingerprint density at radius 2 is 1.81 bits per heavy atom. The van der Waals surface area contributed by atoms with Gasteiger partial charge in [-0.3, -0.25) is 9.59 Å². The lowest BCUT2D eigenvalue weighted by molar-refractivity contribution is -0.135. The summed E-state index contributed by atoms with van der Waals surface area (Å²) in [5.41, 5.74) is 1.57. The lowest BCUT2D eigenvalue weighted by Crippen LogP contribution is -2.51. The average molecular weight is 368 g/mol. The summed E-state index contributed by atoms with van der Waals surface area (Å²) in [6, 6.07) is 6.61. The lowest BCUT2D eigenvalue weighted by Gasteiger charge is -2.36. The van der Waals surface area contributed by atoms with Crippen molar-refractivity contribution in [1.29, 1.82) is 0 Å². The second kappa shape index (κ2) is 7.09. The van der Waals surface area contributed by atoms with E-state index in [1.54, 1.807) is 17.9 Å². The molecule has 1 saturated heterocycles. The number of aromatic nitrogens is 4. The molecule has 8 heteroatoms. The molecule has 0 spiro atoms. The Bertz CT molecular complexity index is 882. The fraction of sp³-hybridized carbons (Fsp3) is 0.526. The Hall–Kier alpha value is -2.77. The van der Waals surface area contributed by atoms with Crippen LogP contribution in [-0.4, -0.2) is 57.0 Å². The van der Waals surface area contributed by atoms with E-state index in [1.165, 1.54) is 10.7 Å². The summed E-state index contributed by atoms with van der Waals surface area (Å²) in [4.78, 5) is 29.1. The zero-order chi connectivity index (χ0) is 19.0. The van der Waals surface area contributed by atoms with E-state index in [4.69, 9.17) is 0 Å². The quantitative estimate of drug-likeness (QED) is 0.804. The number of rotatable bonds is 4. The van der Waals surface area contributed by atoms with Crippen molar-refractivity contribution in [2.24, 2.45) is 0 Å². The third kappa shape index (κ3) is 3.70. The van der Waals surface area contributed by atoms with Gasteiger partial charge in [-0.15, -0.1) is 5.10 Å².